The second-order valence-electron chi connectivity index (χ2n) is 13.2. The Bertz CT molecular complexity index is 1260. The second-order valence-corrected chi connectivity index (χ2v) is 17.3. The normalized spacial score (nSPS) is 25.6. The number of benzene rings is 2. The van der Waals surface area contributed by atoms with Gasteiger partial charge in [0.2, 0.25) is 0 Å². The Morgan fingerprint density at radius 1 is 0.833 bits per heavy atom. The van der Waals surface area contributed by atoms with Crippen molar-refractivity contribution in [2.75, 3.05) is 0 Å². The number of Topliss-reactive ketones (excluding diaryl/α,β-unsaturated/α-hetero) is 1. The van der Waals surface area contributed by atoms with Crippen molar-refractivity contribution in [1.82, 2.24) is 0 Å². The predicted molar refractivity (Wildman–Crippen MR) is 154 cm³/mol. The summed E-state index contributed by atoms with van der Waals surface area (Å²) in [5.74, 6) is 0.479. The molecule has 0 aromatic heterocycles. The van der Waals surface area contributed by atoms with E-state index < -0.39 is 23.7 Å². The lowest BCUT2D eigenvalue weighted by Crippen LogP contribution is -2.55. The van der Waals surface area contributed by atoms with Gasteiger partial charge in [0.1, 0.15) is 11.5 Å². The third kappa shape index (κ3) is 3.96. The molecule has 2 aromatic carbocycles. The number of carbonyl (C=O) groups excluding carboxylic acids is 1. The summed E-state index contributed by atoms with van der Waals surface area (Å²) >= 11 is 2.05. The summed E-state index contributed by atoms with van der Waals surface area (Å²) in [6.45, 7) is 16.9. The molecule has 2 aliphatic rings. The first-order valence-corrected chi connectivity index (χ1v) is 15.2. The molecule has 0 N–H and O–H groups in total. The predicted octanol–water partition coefficient (Wildman–Crippen LogP) is 7.67. The molecule has 2 aromatic rings. The van der Waals surface area contributed by atoms with Crippen molar-refractivity contribution in [2.45, 2.75) is 88.2 Å². The molecule has 0 saturated heterocycles. The fraction of sp³-hybridized carbons (Fsp3) is 0.567. The third-order valence-electron chi connectivity index (χ3n) is 8.84. The van der Waals surface area contributed by atoms with E-state index in [0.717, 1.165) is 17.5 Å². The number of ketones is 1. The molecule has 0 amide bonds. The Hall–Kier alpha value is -1.41. The number of rotatable bonds is 5. The van der Waals surface area contributed by atoms with E-state index in [9.17, 15) is 13.2 Å². The first-order chi connectivity index (χ1) is 16.4. The van der Waals surface area contributed by atoms with E-state index in [4.69, 9.17) is 4.18 Å². The molecule has 2 bridgehead atoms. The molecule has 0 heterocycles. The largest absolute Gasteiger partial charge is 0.381 e. The zero-order valence-corrected chi connectivity index (χ0v) is 25.7. The van der Waals surface area contributed by atoms with Gasteiger partial charge >= 0.3 is 10.1 Å². The van der Waals surface area contributed by atoms with E-state index in [-0.39, 0.29) is 28.3 Å². The van der Waals surface area contributed by atoms with Gasteiger partial charge in [-0.2, -0.15) is 8.42 Å². The van der Waals surface area contributed by atoms with Crippen molar-refractivity contribution in [3.05, 3.63) is 65.2 Å². The van der Waals surface area contributed by atoms with Gasteiger partial charge in [0, 0.05) is 6.42 Å². The zero-order valence-electron chi connectivity index (χ0n) is 22.7. The van der Waals surface area contributed by atoms with Crippen molar-refractivity contribution < 1.29 is 17.4 Å². The Morgan fingerprint density at radius 2 is 1.28 bits per heavy atom. The van der Waals surface area contributed by atoms with Crippen molar-refractivity contribution >= 4 is 38.5 Å². The molecule has 2 saturated carbocycles. The van der Waals surface area contributed by atoms with Crippen LogP contribution in [0.3, 0.4) is 0 Å². The molecule has 2 aliphatic carbocycles. The van der Waals surface area contributed by atoms with Gasteiger partial charge in [0.15, 0.2) is 2.75 Å². The van der Waals surface area contributed by atoms with Gasteiger partial charge in [-0.05, 0) is 63.8 Å². The standard InChI is InChI=1S/C30H39IO4S/c1-26(2,3)20-9-11-22(12-10-20)30(31,29-18-17-23(19-25(29)32)28(29,7)8)36(33,34)35-24-15-13-21(14-16-24)27(4,5)6/h9-16,23H,17-19H2,1-8H3. The molecule has 2 fully saturated rings. The molecule has 0 aliphatic heterocycles. The first kappa shape index (κ1) is 27.6. The van der Waals surface area contributed by atoms with E-state index in [0.29, 0.717) is 18.4 Å². The molecule has 4 nitrogen and oxygen atoms in total. The lowest BCUT2D eigenvalue weighted by molar-refractivity contribution is -0.130. The summed E-state index contributed by atoms with van der Waals surface area (Å²) < 4.78 is 33.1. The van der Waals surface area contributed by atoms with Gasteiger partial charge in [-0.25, -0.2) is 0 Å². The highest BCUT2D eigenvalue weighted by Crippen LogP contribution is 2.73. The smallest absolute Gasteiger partial charge is 0.329 e. The number of hydrogen-bond acceptors (Lipinski definition) is 4. The van der Waals surface area contributed by atoms with Gasteiger partial charge < -0.3 is 4.18 Å². The number of hydrogen-bond donors (Lipinski definition) is 0. The number of halogens is 1. The monoisotopic (exact) mass is 622 g/mol. The highest BCUT2D eigenvalue weighted by molar-refractivity contribution is 14.1. The van der Waals surface area contributed by atoms with Crippen molar-refractivity contribution in [1.29, 1.82) is 0 Å². The molecule has 36 heavy (non-hydrogen) atoms. The molecule has 6 heteroatoms. The van der Waals surface area contributed by atoms with Crippen LogP contribution in [0.25, 0.3) is 0 Å². The summed E-state index contributed by atoms with van der Waals surface area (Å²) in [5, 5.41) is 0. The van der Waals surface area contributed by atoms with Crippen LogP contribution in [-0.2, 0) is 28.5 Å². The lowest BCUT2D eigenvalue weighted by atomic mass is 9.65. The quantitative estimate of drug-likeness (QED) is 0.195. The van der Waals surface area contributed by atoms with Crippen LogP contribution in [0, 0.1) is 16.7 Å². The molecule has 0 radical (unpaired) electrons. The van der Waals surface area contributed by atoms with Crippen molar-refractivity contribution in [3.8, 4) is 5.75 Å². The van der Waals surface area contributed by atoms with Crippen LogP contribution < -0.4 is 4.18 Å². The minimum Gasteiger partial charge on any atom is -0.381 e. The summed E-state index contributed by atoms with van der Waals surface area (Å²) in [6.07, 6.45) is 1.81. The third-order valence-corrected chi connectivity index (χ3v) is 13.7. The summed E-state index contributed by atoms with van der Waals surface area (Å²) in [7, 11) is -4.29. The lowest BCUT2D eigenvalue weighted by Gasteiger charge is -2.47. The fourth-order valence-corrected chi connectivity index (χ4v) is 10.1. The van der Waals surface area contributed by atoms with E-state index in [1.165, 1.54) is 0 Å². The van der Waals surface area contributed by atoms with Gasteiger partial charge in [-0.1, -0.05) is 114 Å². The Kier molecular flexibility index (Phi) is 6.56. The van der Waals surface area contributed by atoms with Crippen molar-refractivity contribution in [3.63, 3.8) is 0 Å². The summed E-state index contributed by atoms with van der Waals surface area (Å²) in [6, 6.07) is 15.0. The topological polar surface area (TPSA) is 60.4 Å². The Labute approximate surface area is 230 Å². The molecular formula is C30H39IO4S. The van der Waals surface area contributed by atoms with Crippen LogP contribution in [0.15, 0.2) is 48.5 Å². The van der Waals surface area contributed by atoms with Crippen LogP contribution in [0.4, 0.5) is 0 Å². The Morgan fingerprint density at radius 3 is 1.67 bits per heavy atom. The molecule has 3 atom stereocenters. The highest BCUT2D eigenvalue weighted by Gasteiger charge is 2.76. The number of fused-ring (bicyclic) bond motifs is 2. The maximum Gasteiger partial charge on any atom is 0.329 e. The maximum atomic E-state index is 14.4. The van der Waals surface area contributed by atoms with Gasteiger partial charge in [-0.15, -0.1) is 0 Å². The number of carbonyl (C=O) groups is 1. The van der Waals surface area contributed by atoms with Gasteiger partial charge in [0.05, 0.1) is 5.41 Å². The van der Waals surface area contributed by atoms with Crippen LogP contribution in [-0.4, -0.2) is 14.2 Å². The second kappa shape index (κ2) is 8.55. The maximum absolute atomic E-state index is 14.4. The van der Waals surface area contributed by atoms with Crippen molar-refractivity contribution in [2.24, 2.45) is 16.7 Å². The summed E-state index contributed by atoms with van der Waals surface area (Å²) in [4.78, 5) is 13.7. The van der Waals surface area contributed by atoms with Crippen LogP contribution in [0.5, 0.6) is 5.75 Å². The summed E-state index contributed by atoms with van der Waals surface area (Å²) in [5.41, 5.74) is 1.13. The first-order valence-electron chi connectivity index (χ1n) is 12.8. The van der Waals surface area contributed by atoms with Crippen LogP contribution in [0.1, 0.15) is 91.3 Å². The minimum absolute atomic E-state index is 0.0355. The molecule has 3 unspecified atom stereocenters. The highest BCUT2D eigenvalue weighted by atomic mass is 127. The molecule has 196 valence electrons. The number of alkyl halides is 1. The van der Waals surface area contributed by atoms with E-state index in [1.54, 1.807) is 12.1 Å². The molecule has 0 spiro atoms. The van der Waals surface area contributed by atoms with Gasteiger partial charge in [0.25, 0.3) is 0 Å². The van der Waals surface area contributed by atoms with Crippen LogP contribution >= 0.6 is 22.6 Å². The average molecular weight is 623 g/mol. The Balaban J connectivity index is 1.88. The van der Waals surface area contributed by atoms with Gasteiger partial charge in [-0.3, -0.25) is 4.79 Å². The van der Waals surface area contributed by atoms with E-state index in [1.807, 2.05) is 36.4 Å². The average Bonchev–Trinajstić information content (AvgIpc) is 3.13. The fourth-order valence-electron chi connectivity index (χ4n) is 6.41. The van der Waals surface area contributed by atoms with E-state index >= 15 is 0 Å². The molecule has 4 rings (SSSR count). The van der Waals surface area contributed by atoms with Crippen LogP contribution in [0.2, 0.25) is 0 Å². The molecular weight excluding hydrogens is 583 g/mol. The SMILES string of the molecule is CC(C)(C)c1ccc(OS(=O)(=O)C(I)(c2ccc(C(C)(C)C)cc2)C23CCC(CC2=O)C3(C)C)cc1. The van der Waals surface area contributed by atoms with E-state index in [2.05, 4.69) is 78.0 Å². The zero-order chi connectivity index (χ0) is 26.9. The minimum atomic E-state index is -4.29.